The van der Waals surface area contributed by atoms with Crippen molar-refractivity contribution in [2.75, 3.05) is 0 Å². The summed E-state index contributed by atoms with van der Waals surface area (Å²) in [5, 5.41) is 2.84. The molecule has 2 aromatic heterocycles. The molecule has 3 N–H and O–H groups in total. The first kappa shape index (κ1) is 11.7. The van der Waals surface area contributed by atoms with Crippen LogP contribution >= 0.6 is 22.9 Å². The molecule has 86 valence electrons. The molecular formula is C11H13ClN2OS. The molecule has 0 aliphatic carbocycles. The van der Waals surface area contributed by atoms with E-state index in [1.54, 1.807) is 23.9 Å². The normalized spacial score (nSPS) is 12.9. The third-order valence-electron chi connectivity index (χ3n) is 2.46. The van der Waals surface area contributed by atoms with E-state index in [-0.39, 0.29) is 6.04 Å². The van der Waals surface area contributed by atoms with E-state index < -0.39 is 0 Å². The van der Waals surface area contributed by atoms with E-state index in [1.165, 1.54) is 0 Å². The fourth-order valence-electron chi connectivity index (χ4n) is 1.56. The maximum absolute atomic E-state index is 6.21. The van der Waals surface area contributed by atoms with Gasteiger partial charge < -0.3 is 4.42 Å². The van der Waals surface area contributed by atoms with Crippen molar-refractivity contribution in [2.45, 2.75) is 19.4 Å². The topological polar surface area (TPSA) is 51.2 Å². The standard InChI is InChI=1S/C11H13ClN2OS/c1-7-6-16-11(10(7)12)9(14-13)4-8-2-3-15-5-8/h2-3,5-6,9,14H,4,13H2,1H3. The zero-order valence-electron chi connectivity index (χ0n) is 8.87. The maximum atomic E-state index is 6.21. The highest BCUT2D eigenvalue weighted by atomic mass is 35.5. The highest BCUT2D eigenvalue weighted by Crippen LogP contribution is 2.33. The second-order valence-corrected chi connectivity index (χ2v) is 4.94. The number of hydrogen-bond donors (Lipinski definition) is 2. The van der Waals surface area contributed by atoms with Crippen LogP contribution in [-0.2, 0) is 6.42 Å². The van der Waals surface area contributed by atoms with E-state index in [4.69, 9.17) is 21.9 Å². The molecule has 2 heterocycles. The summed E-state index contributed by atoms with van der Waals surface area (Å²) in [5.74, 6) is 5.57. The minimum absolute atomic E-state index is 0.0313. The molecule has 5 heteroatoms. The van der Waals surface area contributed by atoms with Gasteiger partial charge in [0.2, 0.25) is 0 Å². The lowest BCUT2D eigenvalue weighted by molar-refractivity contribution is 0.541. The van der Waals surface area contributed by atoms with Gasteiger partial charge in [0.1, 0.15) is 0 Å². The largest absolute Gasteiger partial charge is 0.472 e. The van der Waals surface area contributed by atoms with Gasteiger partial charge in [0, 0.05) is 4.88 Å². The van der Waals surface area contributed by atoms with E-state index in [1.807, 2.05) is 18.4 Å². The quantitative estimate of drug-likeness (QED) is 0.653. The molecule has 0 saturated carbocycles. The Balaban J connectivity index is 2.20. The van der Waals surface area contributed by atoms with Gasteiger partial charge in [-0.3, -0.25) is 11.3 Å². The molecule has 0 aromatic carbocycles. The van der Waals surface area contributed by atoms with Gasteiger partial charge in [-0.05, 0) is 35.9 Å². The van der Waals surface area contributed by atoms with Crippen molar-refractivity contribution >= 4 is 22.9 Å². The highest BCUT2D eigenvalue weighted by molar-refractivity contribution is 7.10. The monoisotopic (exact) mass is 256 g/mol. The Morgan fingerprint density at radius 1 is 1.62 bits per heavy atom. The van der Waals surface area contributed by atoms with Gasteiger partial charge in [-0.15, -0.1) is 11.3 Å². The number of nitrogens with one attached hydrogen (secondary N) is 1. The van der Waals surface area contributed by atoms with E-state index >= 15 is 0 Å². The predicted molar refractivity (Wildman–Crippen MR) is 66.5 cm³/mol. The molecule has 1 atom stereocenters. The Hall–Kier alpha value is -0.810. The number of rotatable bonds is 4. The number of furan rings is 1. The van der Waals surface area contributed by atoms with Crippen LogP contribution in [0.1, 0.15) is 22.0 Å². The average molecular weight is 257 g/mol. The van der Waals surface area contributed by atoms with Crippen LogP contribution in [0.5, 0.6) is 0 Å². The Bertz CT molecular complexity index is 453. The fourth-order valence-corrected chi connectivity index (χ4v) is 2.94. The second kappa shape index (κ2) is 5.01. The molecule has 0 fully saturated rings. The van der Waals surface area contributed by atoms with Crippen molar-refractivity contribution in [3.05, 3.63) is 45.0 Å². The van der Waals surface area contributed by atoms with Gasteiger partial charge in [0.15, 0.2) is 0 Å². The van der Waals surface area contributed by atoms with Crippen molar-refractivity contribution in [1.29, 1.82) is 0 Å². The molecule has 3 nitrogen and oxygen atoms in total. The predicted octanol–water partition coefficient (Wildman–Crippen LogP) is 3.05. The number of hydrazine groups is 1. The molecule has 2 aromatic rings. The van der Waals surface area contributed by atoms with Crippen LogP contribution in [0.25, 0.3) is 0 Å². The van der Waals surface area contributed by atoms with Crippen molar-refractivity contribution in [3.63, 3.8) is 0 Å². The van der Waals surface area contributed by atoms with Gasteiger partial charge >= 0.3 is 0 Å². The molecule has 2 rings (SSSR count). The smallest absolute Gasteiger partial charge is 0.0935 e. The van der Waals surface area contributed by atoms with Crippen LogP contribution in [0, 0.1) is 6.92 Å². The number of thiophene rings is 1. The molecule has 0 aliphatic heterocycles. The zero-order valence-corrected chi connectivity index (χ0v) is 10.4. The minimum atomic E-state index is 0.0313. The highest BCUT2D eigenvalue weighted by Gasteiger charge is 2.17. The fraction of sp³-hybridized carbons (Fsp3) is 0.273. The molecule has 0 bridgehead atoms. The summed E-state index contributed by atoms with van der Waals surface area (Å²) >= 11 is 7.84. The Morgan fingerprint density at radius 3 is 2.94 bits per heavy atom. The number of halogens is 1. The van der Waals surface area contributed by atoms with Gasteiger partial charge in [0.05, 0.1) is 23.6 Å². The molecule has 0 amide bonds. The molecule has 0 radical (unpaired) electrons. The molecule has 1 unspecified atom stereocenters. The SMILES string of the molecule is Cc1csc(C(Cc2ccoc2)NN)c1Cl. The Morgan fingerprint density at radius 2 is 2.44 bits per heavy atom. The van der Waals surface area contributed by atoms with Gasteiger partial charge in [-0.25, -0.2) is 0 Å². The lowest BCUT2D eigenvalue weighted by Crippen LogP contribution is -2.29. The van der Waals surface area contributed by atoms with Crippen molar-refractivity contribution in [3.8, 4) is 0 Å². The van der Waals surface area contributed by atoms with E-state index in [0.717, 1.165) is 27.4 Å². The minimum Gasteiger partial charge on any atom is -0.472 e. The summed E-state index contributed by atoms with van der Waals surface area (Å²) in [4.78, 5) is 1.07. The third kappa shape index (κ3) is 2.30. The summed E-state index contributed by atoms with van der Waals surface area (Å²) in [5.41, 5.74) is 4.99. The average Bonchev–Trinajstić information content (AvgIpc) is 2.88. The van der Waals surface area contributed by atoms with E-state index in [9.17, 15) is 0 Å². The van der Waals surface area contributed by atoms with Crippen LogP contribution in [-0.4, -0.2) is 0 Å². The second-order valence-electron chi connectivity index (χ2n) is 3.65. The molecule has 0 aliphatic rings. The van der Waals surface area contributed by atoms with Crippen LogP contribution in [0.4, 0.5) is 0 Å². The van der Waals surface area contributed by atoms with Crippen LogP contribution in [0.3, 0.4) is 0 Å². The zero-order chi connectivity index (χ0) is 11.5. The number of nitrogens with two attached hydrogens (primary N) is 1. The van der Waals surface area contributed by atoms with Crippen molar-refractivity contribution in [1.82, 2.24) is 5.43 Å². The molecular weight excluding hydrogens is 244 g/mol. The van der Waals surface area contributed by atoms with E-state index in [0.29, 0.717) is 0 Å². The summed E-state index contributed by atoms with van der Waals surface area (Å²) < 4.78 is 5.03. The first-order valence-corrected chi connectivity index (χ1v) is 6.19. The summed E-state index contributed by atoms with van der Waals surface area (Å²) in [6.07, 6.45) is 4.15. The van der Waals surface area contributed by atoms with Crippen molar-refractivity contribution in [2.24, 2.45) is 5.84 Å². The molecule has 16 heavy (non-hydrogen) atoms. The summed E-state index contributed by atoms with van der Waals surface area (Å²) in [6, 6.07) is 1.96. The van der Waals surface area contributed by atoms with Crippen LogP contribution < -0.4 is 11.3 Å². The lowest BCUT2D eigenvalue weighted by atomic mass is 10.1. The first-order valence-electron chi connectivity index (χ1n) is 4.93. The van der Waals surface area contributed by atoms with Gasteiger partial charge in [-0.2, -0.15) is 0 Å². The van der Waals surface area contributed by atoms with Crippen molar-refractivity contribution < 1.29 is 4.42 Å². The van der Waals surface area contributed by atoms with Crippen LogP contribution in [0.15, 0.2) is 28.4 Å². The molecule has 0 spiro atoms. The lowest BCUT2D eigenvalue weighted by Gasteiger charge is -2.13. The Kier molecular flexibility index (Phi) is 3.66. The maximum Gasteiger partial charge on any atom is 0.0935 e. The van der Waals surface area contributed by atoms with Crippen LogP contribution in [0.2, 0.25) is 5.02 Å². The number of hydrogen-bond acceptors (Lipinski definition) is 4. The number of aryl methyl sites for hydroxylation is 1. The van der Waals surface area contributed by atoms with E-state index in [2.05, 4.69) is 5.43 Å². The Labute approximate surface area is 103 Å². The summed E-state index contributed by atoms with van der Waals surface area (Å²) in [6.45, 7) is 1.99. The first-order chi connectivity index (χ1) is 7.72. The summed E-state index contributed by atoms with van der Waals surface area (Å²) in [7, 11) is 0. The third-order valence-corrected chi connectivity index (χ3v) is 4.29. The van der Waals surface area contributed by atoms with Gasteiger partial charge in [-0.1, -0.05) is 11.6 Å². The molecule has 0 saturated heterocycles. The van der Waals surface area contributed by atoms with Gasteiger partial charge in [0.25, 0.3) is 0 Å².